The quantitative estimate of drug-likeness (QED) is 0.794. The van der Waals surface area contributed by atoms with Crippen LogP contribution in [0.5, 0.6) is 0 Å². The van der Waals surface area contributed by atoms with E-state index in [9.17, 15) is 4.79 Å². The van der Waals surface area contributed by atoms with Crippen LogP contribution in [0.15, 0.2) is 70.4 Å². The zero-order valence-corrected chi connectivity index (χ0v) is 11.3. The number of aromatic nitrogens is 1. The summed E-state index contributed by atoms with van der Waals surface area (Å²) in [6, 6.07) is 13.4. The second kappa shape index (κ2) is 4.66. The number of Topliss-reactive ketones (excluding diaryl/α,β-unsaturated/α-hetero) is 1. The Balaban J connectivity index is 1.67. The molecule has 0 N–H and O–H groups in total. The Kier molecular flexibility index (Phi) is 2.67. The molecule has 0 fully saturated rings. The summed E-state index contributed by atoms with van der Waals surface area (Å²) >= 11 is 0. The van der Waals surface area contributed by atoms with Crippen LogP contribution < -0.4 is 0 Å². The van der Waals surface area contributed by atoms with E-state index < -0.39 is 0 Å². The van der Waals surface area contributed by atoms with Gasteiger partial charge in [-0.3, -0.25) is 4.79 Å². The molecule has 1 unspecified atom stereocenters. The van der Waals surface area contributed by atoms with Gasteiger partial charge in [0.25, 0.3) is 0 Å². The van der Waals surface area contributed by atoms with Crippen molar-refractivity contribution in [1.29, 1.82) is 0 Å². The maximum atomic E-state index is 12.4. The van der Waals surface area contributed by atoms with Crippen LogP contribution in [-0.4, -0.2) is 22.5 Å². The zero-order chi connectivity index (χ0) is 14.2. The van der Waals surface area contributed by atoms with Crippen molar-refractivity contribution in [2.45, 2.75) is 12.3 Å². The highest BCUT2D eigenvalue weighted by Gasteiger charge is 2.27. The minimum atomic E-state index is 0.0388. The fourth-order valence-corrected chi connectivity index (χ4v) is 2.84. The number of carbonyl (C=O) groups excluding carboxylic acids is 1. The predicted molar refractivity (Wildman–Crippen MR) is 82.0 cm³/mol. The molecule has 4 nitrogen and oxygen atoms in total. The average Bonchev–Trinajstić information content (AvgIpc) is 3.16. The van der Waals surface area contributed by atoms with Gasteiger partial charge in [-0.15, -0.1) is 0 Å². The SMILES string of the molecule is O=C(CC1C=C2N=CN=C2n2cccc21)c1ccccc1. The van der Waals surface area contributed by atoms with Gasteiger partial charge >= 0.3 is 0 Å². The fraction of sp³-hybridized carbons (Fsp3) is 0.118. The third kappa shape index (κ3) is 1.96. The molecule has 2 aliphatic rings. The Morgan fingerprint density at radius 1 is 1.14 bits per heavy atom. The fourth-order valence-electron chi connectivity index (χ4n) is 2.84. The zero-order valence-electron chi connectivity index (χ0n) is 11.3. The van der Waals surface area contributed by atoms with Crippen LogP contribution in [-0.2, 0) is 0 Å². The molecule has 0 aliphatic carbocycles. The van der Waals surface area contributed by atoms with Gasteiger partial charge in [0.15, 0.2) is 11.6 Å². The summed E-state index contributed by atoms with van der Waals surface area (Å²) in [7, 11) is 0. The number of hydrogen-bond donors (Lipinski definition) is 0. The highest BCUT2D eigenvalue weighted by molar-refractivity contribution is 6.09. The van der Waals surface area contributed by atoms with Crippen molar-refractivity contribution in [3.8, 4) is 0 Å². The van der Waals surface area contributed by atoms with Crippen molar-refractivity contribution in [2.24, 2.45) is 9.98 Å². The standard InChI is InChI=1S/C17H13N3O/c21-16(12-5-2-1-3-6-12)10-13-9-14-17(19-11-18-14)20-8-4-7-15(13)20/h1-9,11,13H,10H2. The molecule has 4 rings (SSSR count). The summed E-state index contributed by atoms with van der Waals surface area (Å²) in [5.41, 5.74) is 2.69. The summed E-state index contributed by atoms with van der Waals surface area (Å²) in [6.07, 6.45) is 6.01. The summed E-state index contributed by atoms with van der Waals surface area (Å²) in [5.74, 6) is 1.03. The van der Waals surface area contributed by atoms with E-state index in [1.807, 2.05) is 59.3 Å². The van der Waals surface area contributed by atoms with Crippen molar-refractivity contribution in [3.05, 3.63) is 71.7 Å². The number of carbonyl (C=O) groups is 1. The Labute approximate surface area is 122 Å². The second-order valence-electron chi connectivity index (χ2n) is 5.15. The van der Waals surface area contributed by atoms with Gasteiger partial charge in [0.1, 0.15) is 12.0 Å². The van der Waals surface area contributed by atoms with Gasteiger partial charge in [0, 0.05) is 29.8 Å². The Morgan fingerprint density at radius 2 is 2.00 bits per heavy atom. The number of ketones is 1. The average molecular weight is 275 g/mol. The smallest absolute Gasteiger partial charge is 0.164 e. The lowest BCUT2D eigenvalue weighted by atomic mass is 9.92. The molecule has 102 valence electrons. The first-order valence-electron chi connectivity index (χ1n) is 6.91. The van der Waals surface area contributed by atoms with E-state index in [2.05, 4.69) is 9.98 Å². The van der Waals surface area contributed by atoms with Crippen molar-refractivity contribution < 1.29 is 4.79 Å². The van der Waals surface area contributed by atoms with Gasteiger partial charge in [-0.25, -0.2) is 9.98 Å². The molecule has 0 amide bonds. The number of benzene rings is 1. The van der Waals surface area contributed by atoms with Gasteiger partial charge in [-0.1, -0.05) is 30.3 Å². The summed E-state index contributed by atoms with van der Waals surface area (Å²) in [5, 5.41) is 0. The first kappa shape index (κ1) is 12.0. The third-order valence-corrected chi connectivity index (χ3v) is 3.85. The molecule has 0 radical (unpaired) electrons. The first-order chi connectivity index (χ1) is 10.3. The molecule has 1 aromatic heterocycles. The Bertz CT molecular complexity index is 796. The molecule has 3 heterocycles. The molecule has 4 heteroatoms. The molecule has 1 aromatic carbocycles. The molecule has 0 bridgehead atoms. The molecule has 0 saturated heterocycles. The predicted octanol–water partition coefficient (Wildman–Crippen LogP) is 3.03. The lowest BCUT2D eigenvalue weighted by Crippen LogP contribution is -2.22. The van der Waals surface area contributed by atoms with Crippen molar-refractivity contribution in [2.75, 3.05) is 0 Å². The van der Waals surface area contributed by atoms with Gasteiger partial charge in [-0.05, 0) is 18.2 Å². The third-order valence-electron chi connectivity index (χ3n) is 3.85. The van der Waals surface area contributed by atoms with E-state index in [1.165, 1.54) is 0 Å². The second-order valence-corrected chi connectivity index (χ2v) is 5.15. The van der Waals surface area contributed by atoms with E-state index in [4.69, 9.17) is 0 Å². The lowest BCUT2D eigenvalue weighted by molar-refractivity contribution is 0.0977. The molecule has 2 aromatic rings. The molecule has 0 spiro atoms. The number of allylic oxidation sites excluding steroid dienone is 2. The summed E-state index contributed by atoms with van der Waals surface area (Å²) in [6.45, 7) is 0. The van der Waals surface area contributed by atoms with E-state index in [1.54, 1.807) is 6.34 Å². The Hall–Kier alpha value is -2.75. The van der Waals surface area contributed by atoms with E-state index in [0.29, 0.717) is 6.42 Å². The van der Waals surface area contributed by atoms with Gasteiger partial charge < -0.3 is 4.57 Å². The molecular weight excluding hydrogens is 262 g/mol. The molecule has 1 atom stereocenters. The van der Waals surface area contributed by atoms with Crippen molar-refractivity contribution in [3.63, 3.8) is 0 Å². The van der Waals surface area contributed by atoms with Gasteiger partial charge in [-0.2, -0.15) is 0 Å². The van der Waals surface area contributed by atoms with Crippen LogP contribution in [0, 0.1) is 0 Å². The van der Waals surface area contributed by atoms with Crippen LogP contribution in [0.1, 0.15) is 28.4 Å². The molecular formula is C17H13N3O. The normalized spacial score (nSPS) is 18.8. The number of nitrogens with zero attached hydrogens (tertiary/aromatic N) is 3. The number of fused-ring (bicyclic) bond motifs is 3. The van der Waals surface area contributed by atoms with Crippen LogP contribution in [0.4, 0.5) is 0 Å². The number of hydrogen-bond acceptors (Lipinski definition) is 3. The lowest BCUT2D eigenvalue weighted by Gasteiger charge is -2.21. The number of aliphatic imine (C=N–C) groups is 2. The van der Waals surface area contributed by atoms with Crippen LogP contribution in [0.25, 0.3) is 0 Å². The van der Waals surface area contributed by atoms with E-state index in [0.717, 1.165) is 22.8 Å². The Morgan fingerprint density at radius 3 is 2.86 bits per heavy atom. The molecule has 2 aliphatic heterocycles. The maximum Gasteiger partial charge on any atom is 0.164 e. The first-order valence-corrected chi connectivity index (χ1v) is 6.91. The van der Waals surface area contributed by atoms with E-state index in [-0.39, 0.29) is 11.7 Å². The minimum Gasteiger partial charge on any atom is -0.303 e. The van der Waals surface area contributed by atoms with E-state index >= 15 is 0 Å². The van der Waals surface area contributed by atoms with Gasteiger partial charge in [0.2, 0.25) is 0 Å². The van der Waals surface area contributed by atoms with Crippen LogP contribution >= 0.6 is 0 Å². The maximum absolute atomic E-state index is 12.4. The van der Waals surface area contributed by atoms with Crippen molar-refractivity contribution in [1.82, 2.24) is 4.57 Å². The number of rotatable bonds is 3. The largest absolute Gasteiger partial charge is 0.303 e. The van der Waals surface area contributed by atoms with Crippen LogP contribution in [0.3, 0.4) is 0 Å². The minimum absolute atomic E-state index is 0.0388. The summed E-state index contributed by atoms with van der Waals surface area (Å²) < 4.78 is 2.02. The van der Waals surface area contributed by atoms with Crippen molar-refractivity contribution >= 4 is 18.0 Å². The van der Waals surface area contributed by atoms with Crippen LogP contribution in [0.2, 0.25) is 0 Å². The highest BCUT2D eigenvalue weighted by Crippen LogP contribution is 2.31. The highest BCUT2D eigenvalue weighted by atomic mass is 16.1. The monoisotopic (exact) mass is 275 g/mol. The molecule has 21 heavy (non-hydrogen) atoms. The topological polar surface area (TPSA) is 46.7 Å². The van der Waals surface area contributed by atoms with Gasteiger partial charge in [0.05, 0.1) is 0 Å². The molecule has 0 saturated carbocycles. The summed E-state index contributed by atoms with van der Waals surface area (Å²) in [4.78, 5) is 21.0.